The van der Waals surface area contributed by atoms with Crippen LogP contribution < -0.4 is 15.5 Å². The first kappa shape index (κ1) is 19.7. The molecule has 0 spiro atoms. The lowest BCUT2D eigenvalue weighted by Crippen LogP contribution is -2.20. The third-order valence-corrected chi connectivity index (χ3v) is 3.33. The summed E-state index contributed by atoms with van der Waals surface area (Å²) in [6, 6.07) is 12.4. The number of rotatable bonds is 8. The zero-order valence-corrected chi connectivity index (χ0v) is 14.4. The first-order valence-electron chi connectivity index (χ1n) is 8.11. The van der Waals surface area contributed by atoms with Crippen molar-refractivity contribution in [3.63, 3.8) is 0 Å². The number of carbonyl (C=O) groups excluding carboxylic acids is 2. The highest BCUT2D eigenvalue weighted by Crippen LogP contribution is 2.15. The van der Waals surface area contributed by atoms with Crippen molar-refractivity contribution in [2.45, 2.75) is 12.8 Å². The molecular weight excluding hydrogens is 349 g/mol. The molecule has 0 atom stereocenters. The van der Waals surface area contributed by atoms with Gasteiger partial charge in [-0.25, -0.2) is 9.82 Å². The molecule has 0 aromatic heterocycles. The minimum Gasteiger partial charge on any atom is -0.480 e. The summed E-state index contributed by atoms with van der Waals surface area (Å²) in [4.78, 5) is 23.6. The summed E-state index contributed by atoms with van der Waals surface area (Å²) < 4.78 is 18.2. The molecule has 2 aromatic rings. The molecule has 0 unspecified atom stereocenters. The summed E-state index contributed by atoms with van der Waals surface area (Å²) in [5, 5.41) is 6.43. The first-order valence-corrected chi connectivity index (χ1v) is 8.11. The molecule has 0 fully saturated rings. The minimum atomic E-state index is -0.414. The molecule has 2 amide bonds. The van der Waals surface area contributed by atoms with Crippen molar-refractivity contribution in [1.29, 1.82) is 0 Å². The van der Waals surface area contributed by atoms with E-state index in [0.29, 0.717) is 17.0 Å². The fraction of sp³-hybridized carbons (Fsp3) is 0.150. The van der Waals surface area contributed by atoms with Gasteiger partial charge >= 0.3 is 0 Å². The number of hydrazone groups is 1. The van der Waals surface area contributed by atoms with Crippen molar-refractivity contribution >= 4 is 23.7 Å². The molecule has 2 N–H and O–H groups in total. The second kappa shape index (κ2) is 10.4. The summed E-state index contributed by atoms with van der Waals surface area (Å²) in [6.07, 6.45) is 6.53. The first-order chi connectivity index (χ1) is 13.1. The Morgan fingerprint density at radius 3 is 2.56 bits per heavy atom. The largest absolute Gasteiger partial charge is 0.480 e. The van der Waals surface area contributed by atoms with Crippen LogP contribution in [0.25, 0.3) is 0 Å². The second-order valence-corrected chi connectivity index (χ2v) is 5.38. The van der Waals surface area contributed by atoms with Crippen LogP contribution in [-0.4, -0.2) is 24.6 Å². The van der Waals surface area contributed by atoms with E-state index >= 15 is 0 Å². The summed E-state index contributed by atoms with van der Waals surface area (Å²) in [7, 11) is 0. The number of nitrogens with one attached hydrogen (secondary N) is 2. The molecule has 6 nitrogen and oxygen atoms in total. The van der Waals surface area contributed by atoms with Gasteiger partial charge in [-0.1, -0.05) is 18.1 Å². The van der Waals surface area contributed by atoms with Gasteiger partial charge < -0.3 is 10.1 Å². The fourth-order valence-electron chi connectivity index (χ4n) is 2.05. The van der Waals surface area contributed by atoms with Gasteiger partial charge in [0, 0.05) is 24.1 Å². The average molecular weight is 367 g/mol. The summed E-state index contributed by atoms with van der Waals surface area (Å²) in [6.45, 7) is 0.125. The van der Waals surface area contributed by atoms with Gasteiger partial charge in [-0.3, -0.25) is 9.59 Å². The third kappa shape index (κ3) is 7.00. The van der Waals surface area contributed by atoms with Crippen LogP contribution in [0.4, 0.5) is 10.1 Å². The maximum Gasteiger partial charge on any atom is 0.240 e. The Morgan fingerprint density at radius 2 is 1.81 bits per heavy atom. The predicted octanol–water partition coefficient (Wildman–Crippen LogP) is 2.71. The van der Waals surface area contributed by atoms with Crippen LogP contribution >= 0.6 is 0 Å². The summed E-state index contributed by atoms with van der Waals surface area (Å²) in [5.41, 5.74) is 3.46. The van der Waals surface area contributed by atoms with Crippen LogP contribution in [0, 0.1) is 18.2 Å². The van der Waals surface area contributed by atoms with Crippen LogP contribution in [0.15, 0.2) is 53.6 Å². The molecule has 2 rings (SSSR count). The monoisotopic (exact) mass is 367 g/mol. The normalized spacial score (nSPS) is 10.2. The molecule has 0 aliphatic carbocycles. The number of anilines is 1. The van der Waals surface area contributed by atoms with Crippen LogP contribution in [0.1, 0.15) is 18.4 Å². The van der Waals surface area contributed by atoms with Gasteiger partial charge in [0.15, 0.2) is 0 Å². The quantitative estimate of drug-likeness (QED) is 0.428. The smallest absolute Gasteiger partial charge is 0.240 e. The molecule has 0 aliphatic heterocycles. The van der Waals surface area contributed by atoms with E-state index in [9.17, 15) is 14.0 Å². The lowest BCUT2D eigenvalue weighted by atomic mass is 10.2. The van der Waals surface area contributed by atoms with Crippen LogP contribution in [0.3, 0.4) is 0 Å². The highest BCUT2D eigenvalue weighted by atomic mass is 19.1. The molecule has 0 bridgehead atoms. The van der Waals surface area contributed by atoms with Crippen molar-refractivity contribution in [2.75, 3.05) is 11.9 Å². The number of benzene rings is 2. The molecule has 0 aliphatic rings. The SMILES string of the molecule is C#CCOc1ccccc1C=NNC(=O)CCC(=O)Nc1ccc(F)cc1. The van der Waals surface area contributed by atoms with Crippen LogP contribution in [0.2, 0.25) is 0 Å². The molecule has 7 heteroatoms. The number of halogens is 1. The number of terminal acetylenes is 1. The van der Waals surface area contributed by atoms with E-state index in [4.69, 9.17) is 11.2 Å². The molecule has 0 radical (unpaired) electrons. The lowest BCUT2D eigenvalue weighted by molar-refractivity contribution is -0.124. The number of para-hydroxylation sites is 1. The van der Waals surface area contributed by atoms with Crippen molar-refractivity contribution in [3.8, 4) is 18.1 Å². The van der Waals surface area contributed by atoms with E-state index in [1.165, 1.54) is 30.5 Å². The number of ether oxygens (including phenoxy) is 1. The van der Waals surface area contributed by atoms with Crippen LogP contribution in [-0.2, 0) is 9.59 Å². The Bertz CT molecular complexity index is 858. The zero-order valence-electron chi connectivity index (χ0n) is 14.4. The van der Waals surface area contributed by atoms with Gasteiger partial charge in [0.25, 0.3) is 0 Å². The van der Waals surface area contributed by atoms with Crippen molar-refractivity contribution in [3.05, 3.63) is 59.9 Å². The van der Waals surface area contributed by atoms with E-state index in [1.54, 1.807) is 24.3 Å². The van der Waals surface area contributed by atoms with Gasteiger partial charge in [-0.2, -0.15) is 5.10 Å². The Morgan fingerprint density at radius 1 is 1.11 bits per heavy atom. The number of amides is 2. The van der Waals surface area contributed by atoms with E-state index in [2.05, 4.69) is 21.8 Å². The minimum absolute atomic E-state index is 0.0272. The van der Waals surface area contributed by atoms with E-state index in [-0.39, 0.29) is 25.4 Å². The lowest BCUT2D eigenvalue weighted by Gasteiger charge is -2.06. The van der Waals surface area contributed by atoms with E-state index in [0.717, 1.165) is 0 Å². The van der Waals surface area contributed by atoms with Gasteiger partial charge in [-0.05, 0) is 36.4 Å². The highest BCUT2D eigenvalue weighted by Gasteiger charge is 2.07. The van der Waals surface area contributed by atoms with E-state index < -0.39 is 11.7 Å². The highest BCUT2D eigenvalue weighted by molar-refractivity contribution is 5.93. The molecule has 0 saturated carbocycles. The predicted molar refractivity (Wildman–Crippen MR) is 101 cm³/mol. The second-order valence-electron chi connectivity index (χ2n) is 5.38. The number of nitrogens with zero attached hydrogens (tertiary/aromatic N) is 1. The van der Waals surface area contributed by atoms with Crippen molar-refractivity contribution < 1.29 is 18.7 Å². The Balaban J connectivity index is 1.77. The number of hydrogen-bond acceptors (Lipinski definition) is 4. The molecule has 2 aromatic carbocycles. The standard InChI is InChI=1S/C20H18FN3O3/c1-2-13-27-18-6-4-3-5-15(18)14-22-24-20(26)12-11-19(25)23-17-9-7-16(21)8-10-17/h1,3-10,14H,11-13H2,(H,23,25)(H,24,26). The number of carbonyl (C=O) groups is 2. The van der Waals surface area contributed by atoms with Gasteiger partial charge in [0.1, 0.15) is 18.2 Å². The maximum absolute atomic E-state index is 12.8. The van der Waals surface area contributed by atoms with Gasteiger partial charge in [-0.15, -0.1) is 6.42 Å². The molecular formula is C20H18FN3O3. The van der Waals surface area contributed by atoms with Gasteiger partial charge in [0.05, 0.1) is 6.21 Å². The van der Waals surface area contributed by atoms with Crippen molar-refractivity contribution in [2.24, 2.45) is 5.10 Å². The van der Waals surface area contributed by atoms with Crippen LogP contribution in [0.5, 0.6) is 5.75 Å². The zero-order chi connectivity index (χ0) is 19.5. The Hall–Kier alpha value is -3.66. The maximum atomic E-state index is 12.8. The summed E-state index contributed by atoms with van der Waals surface area (Å²) >= 11 is 0. The topological polar surface area (TPSA) is 79.8 Å². The molecule has 0 heterocycles. The molecule has 138 valence electrons. The third-order valence-electron chi connectivity index (χ3n) is 3.33. The van der Waals surface area contributed by atoms with Crippen molar-refractivity contribution in [1.82, 2.24) is 5.43 Å². The summed E-state index contributed by atoms with van der Waals surface area (Å²) in [5.74, 6) is 1.76. The number of hydrogen-bond donors (Lipinski definition) is 2. The molecule has 0 saturated heterocycles. The molecule has 27 heavy (non-hydrogen) atoms. The average Bonchev–Trinajstić information content (AvgIpc) is 2.67. The van der Waals surface area contributed by atoms with Gasteiger partial charge in [0.2, 0.25) is 11.8 Å². The van der Waals surface area contributed by atoms with E-state index in [1.807, 2.05) is 0 Å². The fourth-order valence-corrected chi connectivity index (χ4v) is 2.05. The Kier molecular flexibility index (Phi) is 7.54. The Labute approximate surface area is 156 Å².